The first-order valence-electron chi connectivity index (χ1n) is 7.61. The summed E-state index contributed by atoms with van der Waals surface area (Å²) < 4.78 is 5.40. The minimum atomic E-state index is -0.999. The molecule has 0 radical (unpaired) electrons. The molecule has 0 spiro atoms. The Kier molecular flexibility index (Phi) is 4.17. The molecule has 1 N–H and O–H groups in total. The van der Waals surface area contributed by atoms with Crippen molar-refractivity contribution in [2.75, 3.05) is 13.1 Å². The van der Waals surface area contributed by atoms with Crippen molar-refractivity contribution >= 4 is 17.5 Å². The fourth-order valence-electron chi connectivity index (χ4n) is 3.06. The van der Waals surface area contributed by atoms with E-state index in [1.54, 1.807) is 24.8 Å². The minimum Gasteiger partial charge on any atom is -0.436 e. The maximum absolute atomic E-state index is 12.5. The Balaban J connectivity index is 1.75. The molecule has 0 bridgehead atoms. The van der Waals surface area contributed by atoms with Crippen LogP contribution in [-0.2, 0) is 5.60 Å². The van der Waals surface area contributed by atoms with Gasteiger partial charge in [0.25, 0.3) is 5.91 Å². The van der Waals surface area contributed by atoms with Crippen molar-refractivity contribution in [3.8, 4) is 0 Å². The Bertz CT molecular complexity index is 733. The maximum atomic E-state index is 12.5. The molecule has 5 nitrogen and oxygen atoms in total. The maximum Gasteiger partial charge on any atom is 0.291 e. The van der Waals surface area contributed by atoms with E-state index in [9.17, 15) is 9.90 Å². The van der Waals surface area contributed by atoms with Gasteiger partial charge in [0.15, 0.2) is 5.89 Å². The predicted octanol–water partition coefficient (Wildman–Crippen LogP) is 3.07. The Hall–Kier alpha value is -1.85. The molecule has 1 aliphatic rings. The van der Waals surface area contributed by atoms with Crippen LogP contribution in [0.2, 0.25) is 5.02 Å². The molecule has 1 fully saturated rings. The number of rotatable bonds is 2. The molecule has 2 heterocycles. The summed E-state index contributed by atoms with van der Waals surface area (Å²) in [6.45, 7) is 4.36. The van der Waals surface area contributed by atoms with Crippen molar-refractivity contribution in [2.24, 2.45) is 0 Å². The Morgan fingerprint density at radius 2 is 1.96 bits per heavy atom. The normalized spacial score (nSPS) is 17.3. The Morgan fingerprint density at radius 3 is 2.52 bits per heavy atom. The van der Waals surface area contributed by atoms with Crippen LogP contribution in [0.1, 0.15) is 40.5 Å². The summed E-state index contributed by atoms with van der Waals surface area (Å²) in [4.78, 5) is 18.4. The Morgan fingerprint density at radius 1 is 1.30 bits per heavy atom. The smallest absolute Gasteiger partial charge is 0.291 e. The first-order valence-corrected chi connectivity index (χ1v) is 7.99. The molecule has 3 rings (SSSR count). The van der Waals surface area contributed by atoms with Crippen LogP contribution in [0.25, 0.3) is 0 Å². The van der Waals surface area contributed by atoms with Crippen LogP contribution in [0.15, 0.2) is 28.7 Å². The van der Waals surface area contributed by atoms with Crippen LogP contribution in [0.4, 0.5) is 0 Å². The summed E-state index contributed by atoms with van der Waals surface area (Å²) in [5.74, 6) is 0.588. The molecule has 23 heavy (non-hydrogen) atoms. The number of aromatic nitrogens is 1. The standard InChI is InChI=1S/C17H19ClN2O3/c1-11-15(23-12(2)19-11)16(21)20-9-7-17(22,8-10-20)13-5-3-4-6-14(13)18/h3-6,22H,7-10H2,1-2H3. The first kappa shape index (κ1) is 16.0. The van der Waals surface area contributed by atoms with Gasteiger partial charge in [0.05, 0.1) is 11.3 Å². The molecule has 0 saturated carbocycles. The highest BCUT2D eigenvalue weighted by molar-refractivity contribution is 6.31. The van der Waals surface area contributed by atoms with Crippen LogP contribution in [0.5, 0.6) is 0 Å². The van der Waals surface area contributed by atoms with E-state index in [0.717, 1.165) is 5.56 Å². The van der Waals surface area contributed by atoms with E-state index < -0.39 is 5.60 Å². The van der Waals surface area contributed by atoms with Gasteiger partial charge in [0, 0.05) is 30.6 Å². The molecule has 0 unspecified atom stereocenters. The van der Waals surface area contributed by atoms with Gasteiger partial charge in [-0.2, -0.15) is 0 Å². The van der Waals surface area contributed by atoms with Crippen LogP contribution in [0, 0.1) is 13.8 Å². The van der Waals surface area contributed by atoms with Crippen LogP contribution >= 0.6 is 11.6 Å². The molecule has 2 aromatic rings. The molecule has 1 amide bonds. The van der Waals surface area contributed by atoms with Crippen molar-refractivity contribution < 1.29 is 14.3 Å². The van der Waals surface area contributed by atoms with E-state index in [1.807, 2.05) is 18.2 Å². The van der Waals surface area contributed by atoms with E-state index in [4.69, 9.17) is 16.0 Å². The first-order chi connectivity index (χ1) is 10.9. The average Bonchev–Trinajstić information content (AvgIpc) is 2.86. The van der Waals surface area contributed by atoms with E-state index >= 15 is 0 Å². The largest absolute Gasteiger partial charge is 0.436 e. The SMILES string of the molecule is Cc1nc(C)c(C(=O)N2CCC(O)(c3ccccc3Cl)CC2)o1. The number of halogens is 1. The van der Waals surface area contributed by atoms with Gasteiger partial charge in [-0.15, -0.1) is 0 Å². The fraction of sp³-hybridized carbons (Fsp3) is 0.412. The number of aliphatic hydroxyl groups is 1. The third-order valence-electron chi connectivity index (χ3n) is 4.35. The monoisotopic (exact) mass is 334 g/mol. The van der Waals surface area contributed by atoms with Gasteiger partial charge in [-0.3, -0.25) is 4.79 Å². The number of carbonyl (C=O) groups excluding carboxylic acids is 1. The number of likely N-dealkylation sites (tertiary alicyclic amines) is 1. The molecule has 122 valence electrons. The fourth-order valence-corrected chi connectivity index (χ4v) is 3.37. The van der Waals surface area contributed by atoms with Crippen molar-refractivity contribution in [3.05, 3.63) is 52.2 Å². The zero-order chi connectivity index (χ0) is 16.6. The van der Waals surface area contributed by atoms with E-state index in [-0.39, 0.29) is 11.7 Å². The lowest BCUT2D eigenvalue weighted by Crippen LogP contribution is -2.45. The lowest BCUT2D eigenvalue weighted by Gasteiger charge is -2.38. The summed E-state index contributed by atoms with van der Waals surface area (Å²) in [6, 6.07) is 7.30. The predicted molar refractivity (Wildman–Crippen MR) is 86.5 cm³/mol. The summed E-state index contributed by atoms with van der Waals surface area (Å²) in [7, 11) is 0. The van der Waals surface area contributed by atoms with Crippen molar-refractivity contribution in [1.82, 2.24) is 9.88 Å². The van der Waals surface area contributed by atoms with Gasteiger partial charge in [0.1, 0.15) is 0 Å². The summed E-state index contributed by atoms with van der Waals surface area (Å²) in [5.41, 5.74) is 0.321. The van der Waals surface area contributed by atoms with Crippen molar-refractivity contribution in [2.45, 2.75) is 32.3 Å². The third-order valence-corrected chi connectivity index (χ3v) is 4.68. The molecule has 1 aliphatic heterocycles. The number of hydrogen-bond donors (Lipinski definition) is 1. The Labute approximate surface area is 139 Å². The lowest BCUT2D eigenvalue weighted by atomic mass is 9.84. The average molecular weight is 335 g/mol. The number of hydrogen-bond acceptors (Lipinski definition) is 4. The van der Waals surface area contributed by atoms with Crippen LogP contribution in [0.3, 0.4) is 0 Å². The van der Waals surface area contributed by atoms with E-state index in [0.29, 0.717) is 42.5 Å². The number of aryl methyl sites for hydroxylation is 2. The highest BCUT2D eigenvalue weighted by Crippen LogP contribution is 2.37. The zero-order valence-electron chi connectivity index (χ0n) is 13.2. The molecule has 1 saturated heterocycles. The van der Waals surface area contributed by atoms with Crippen LogP contribution < -0.4 is 0 Å². The molecule has 6 heteroatoms. The molecular formula is C17H19ClN2O3. The van der Waals surface area contributed by atoms with Crippen LogP contribution in [-0.4, -0.2) is 34.0 Å². The van der Waals surface area contributed by atoms with Gasteiger partial charge in [-0.05, 0) is 25.8 Å². The number of amides is 1. The van der Waals surface area contributed by atoms with E-state index in [1.165, 1.54) is 0 Å². The topological polar surface area (TPSA) is 66.6 Å². The number of oxazole rings is 1. The molecule has 0 atom stereocenters. The van der Waals surface area contributed by atoms with E-state index in [2.05, 4.69) is 4.98 Å². The number of carbonyl (C=O) groups is 1. The summed E-state index contributed by atoms with van der Waals surface area (Å²) >= 11 is 6.20. The summed E-state index contributed by atoms with van der Waals surface area (Å²) in [6.07, 6.45) is 0.878. The van der Waals surface area contributed by atoms with Gasteiger partial charge in [0.2, 0.25) is 5.76 Å². The zero-order valence-corrected chi connectivity index (χ0v) is 13.9. The number of nitrogens with zero attached hydrogens (tertiary/aromatic N) is 2. The van der Waals surface area contributed by atoms with Gasteiger partial charge >= 0.3 is 0 Å². The van der Waals surface area contributed by atoms with Gasteiger partial charge in [-0.1, -0.05) is 29.8 Å². The van der Waals surface area contributed by atoms with Crippen molar-refractivity contribution in [1.29, 1.82) is 0 Å². The molecule has 1 aromatic carbocycles. The second-order valence-electron chi connectivity index (χ2n) is 5.95. The third kappa shape index (κ3) is 2.99. The molecule has 1 aromatic heterocycles. The summed E-state index contributed by atoms with van der Waals surface area (Å²) in [5, 5.41) is 11.4. The quantitative estimate of drug-likeness (QED) is 0.916. The second kappa shape index (κ2) is 5.98. The van der Waals surface area contributed by atoms with Gasteiger partial charge in [-0.25, -0.2) is 4.98 Å². The minimum absolute atomic E-state index is 0.177. The number of piperidine rings is 1. The highest BCUT2D eigenvalue weighted by atomic mass is 35.5. The number of benzene rings is 1. The van der Waals surface area contributed by atoms with Gasteiger partial charge < -0.3 is 14.4 Å². The second-order valence-corrected chi connectivity index (χ2v) is 6.36. The molecule has 0 aliphatic carbocycles. The van der Waals surface area contributed by atoms with Crippen molar-refractivity contribution in [3.63, 3.8) is 0 Å². The molecular weight excluding hydrogens is 316 g/mol. The highest BCUT2D eigenvalue weighted by Gasteiger charge is 2.37. The lowest BCUT2D eigenvalue weighted by molar-refractivity contribution is -0.0217.